The molecule has 1 aliphatic heterocycles. The molecule has 2 amide bonds. The van der Waals surface area contributed by atoms with Crippen LogP contribution in [0.1, 0.15) is 28.5 Å². The Balaban J connectivity index is 1.56. The highest BCUT2D eigenvalue weighted by atomic mass is 35.5. The standard InChI is InChI=1S/C29H27ClN4O3/c1-19-23(30)10-7-11-25(19)34-27(35)26-16-24(21-12-14-22(37-3)15-13-21)32-33(26)18-29(34,2)28(36)31-17-20-8-5-4-6-9-20/h4-16H,17-18H2,1-3H3,(H,31,36). The molecule has 1 atom stereocenters. The van der Waals surface area contributed by atoms with Crippen molar-refractivity contribution in [2.45, 2.75) is 32.5 Å². The number of carbonyl (C=O) groups excluding carboxylic acids is 2. The fourth-order valence-corrected chi connectivity index (χ4v) is 4.84. The van der Waals surface area contributed by atoms with E-state index in [9.17, 15) is 9.59 Å². The van der Waals surface area contributed by atoms with Gasteiger partial charge in [0.15, 0.2) is 0 Å². The number of hydrogen-bond acceptors (Lipinski definition) is 4. The lowest BCUT2D eigenvalue weighted by Gasteiger charge is -2.43. The number of halogens is 1. The van der Waals surface area contributed by atoms with Crippen molar-refractivity contribution in [3.8, 4) is 17.0 Å². The number of ether oxygens (including phenoxy) is 1. The maximum Gasteiger partial charge on any atom is 0.277 e. The van der Waals surface area contributed by atoms with Gasteiger partial charge in [-0.05, 0) is 67.4 Å². The number of benzene rings is 3. The zero-order chi connectivity index (χ0) is 26.2. The first-order chi connectivity index (χ1) is 17.8. The van der Waals surface area contributed by atoms with Gasteiger partial charge in [-0.2, -0.15) is 5.10 Å². The minimum absolute atomic E-state index is 0.177. The second-order valence-corrected chi connectivity index (χ2v) is 9.67. The van der Waals surface area contributed by atoms with Crippen LogP contribution >= 0.6 is 11.6 Å². The van der Waals surface area contributed by atoms with Gasteiger partial charge in [0.25, 0.3) is 5.91 Å². The van der Waals surface area contributed by atoms with Crippen LogP contribution in [0.15, 0.2) is 78.9 Å². The Bertz CT molecular complexity index is 1470. The van der Waals surface area contributed by atoms with E-state index in [1.165, 1.54) is 0 Å². The number of fused-ring (bicyclic) bond motifs is 1. The van der Waals surface area contributed by atoms with Gasteiger partial charge in [0.2, 0.25) is 5.91 Å². The second-order valence-electron chi connectivity index (χ2n) is 9.27. The third-order valence-corrected chi connectivity index (χ3v) is 7.21. The van der Waals surface area contributed by atoms with Crippen molar-refractivity contribution in [3.63, 3.8) is 0 Å². The lowest BCUT2D eigenvalue weighted by Crippen LogP contribution is -2.64. The van der Waals surface area contributed by atoms with E-state index in [-0.39, 0.29) is 18.4 Å². The summed E-state index contributed by atoms with van der Waals surface area (Å²) in [6.07, 6.45) is 0. The molecule has 5 rings (SSSR count). The fourth-order valence-electron chi connectivity index (χ4n) is 4.67. The summed E-state index contributed by atoms with van der Waals surface area (Å²) in [6.45, 7) is 4.14. The van der Waals surface area contributed by atoms with E-state index in [4.69, 9.17) is 21.4 Å². The molecule has 7 nitrogen and oxygen atoms in total. The van der Waals surface area contributed by atoms with E-state index >= 15 is 0 Å². The molecular formula is C29H27ClN4O3. The number of amides is 2. The van der Waals surface area contributed by atoms with Crippen molar-refractivity contribution in [2.24, 2.45) is 0 Å². The van der Waals surface area contributed by atoms with Crippen LogP contribution in [0.5, 0.6) is 5.75 Å². The minimum Gasteiger partial charge on any atom is -0.497 e. The molecule has 188 valence electrons. The predicted octanol–water partition coefficient (Wildman–Crippen LogP) is 5.26. The highest BCUT2D eigenvalue weighted by Crippen LogP contribution is 2.37. The number of nitrogens with one attached hydrogen (secondary N) is 1. The van der Waals surface area contributed by atoms with Gasteiger partial charge in [0.05, 0.1) is 19.3 Å². The van der Waals surface area contributed by atoms with Crippen molar-refractivity contribution in [2.75, 3.05) is 12.0 Å². The van der Waals surface area contributed by atoms with E-state index in [2.05, 4.69) is 5.32 Å². The first-order valence-corrected chi connectivity index (χ1v) is 12.3. The number of hydrogen-bond donors (Lipinski definition) is 1. The average Bonchev–Trinajstić information content (AvgIpc) is 3.34. The molecule has 0 saturated heterocycles. The van der Waals surface area contributed by atoms with Crippen LogP contribution in [0, 0.1) is 6.92 Å². The summed E-state index contributed by atoms with van der Waals surface area (Å²) in [5.74, 6) is 0.131. The van der Waals surface area contributed by atoms with Crippen molar-refractivity contribution < 1.29 is 14.3 Å². The lowest BCUT2D eigenvalue weighted by atomic mass is 9.93. The Kier molecular flexibility index (Phi) is 6.48. The third kappa shape index (κ3) is 4.47. The van der Waals surface area contributed by atoms with Crippen LogP contribution in [-0.4, -0.2) is 34.2 Å². The molecule has 0 bridgehead atoms. The molecule has 37 heavy (non-hydrogen) atoms. The van der Waals surface area contributed by atoms with E-state index in [1.807, 2.05) is 67.6 Å². The molecule has 4 aromatic rings. The highest BCUT2D eigenvalue weighted by molar-refractivity contribution is 6.32. The minimum atomic E-state index is -1.25. The van der Waals surface area contributed by atoms with Crippen LogP contribution in [0.3, 0.4) is 0 Å². The molecule has 1 aliphatic rings. The quantitative estimate of drug-likeness (QED) is 0.381. The number of methoxy groups -OCH3 is 1. The molecule has 0 aliphatic carbocycles. The molecule has 1 unspecified atom stereocenters. The summed E-state index contributed by atoms with van der Waals surface area (Å²) >= 11 is 6.44. The topological polar surface area (TPSA) is 76.5 Å². The SMILES string of the molecule is COc1ccc(-c2cc3n(n2)CC(C)(C(=O)NCc2ccccc2)N(c2cccc(Cl)c2C)C3=O)cc1. The third-order valence-electron chi connectivity index (χ3n) is 6.80. The summed E-state index contributed by atoms with van der Waals surface area (Å²) < 4.78 is 6.88. The Labute approximate surface area is 220 Å². The van der Waals surface area contributed by atoms with Gasteiger partial charge in [-0.15, -0.1) is 0 Å². The van der Waals surface area contributed by atoms with E-state index in [0.29, 0.717) is 28.6 Å². The van der Waals surface area contributed by atoms with Crippen LogP contribution < -0.4 is 15.0 Å². The number of nitrogens with zero attached hydrogens (tertiary/aromatic N) is 3. The van der Waals surface area contributed by atoms with Crippen LogP contribution in [-0.2, 0) is 17.9 Å². The second kappa shape index (κ2) is 9.75. The van der Waals surface area contributed by atoms with Gasteiger partial charge in [-0.3, -0.25) is 19.2 Å². The predicted molar refractivity (Wildman–Crippen MR) is 144 cm³/mol. The van der Waals surface area contributed by atoms with Crippen molar-refractivity contribution in [1.82, 2.24) is 15.1 Å². The first-order valence-electron chi connectivity index (χ1n) is 12.0. The van der Waals surface area contributed by atoms with Gasteiger partial charge in [-0.25, -0.2) is 0 Å². The normalized spacial score (nSPS) is 16.9. The van der Waals surface area contributed by atoms with E-state index in [1.54, 1.807) is 41.8 Å². The molecule has 2 heterocycles. The smallest absolute Gasteiger partial charge is 0.277 e. The van der Waals surface area contributed by atoms with Crippen LogP contribution in [0.4, 0.5) is 5.69 Å². The highest BCUT2D eigenvalue weighted by Gasteiger charge is 2.49. The number of rotatable bonds is 6. The zero-order valence-corrected chi connectivity index (χ0v) is 21.6. The summed E-state index contributed by atoms with van der Waals surface area (Å²) in [5, 5.41) is 8.26. The maximum absolute atomic E-state index is 14.0. The largest absolute Gasteiger partial charge is 0.497 e. The Morgan fingerprint density at radius 3 is 2.51 bits per heavy atom. The zero-order valence-electron chi connectivity index (χ0n) is 20.9. The Hall–Kier alpha value is -4.10. The average molecular weight is 515 g/mol. The molecule has 8 heteroatoms. The van der Waals surface area contributed by atoms with Crippen molar-refractivity contribution in [1.29, 1.82) is 0 Å². The number of carbonyl (C=O) groups is 2. The van der Waals surface area contributed by atoms with Crippen molar-refractivity contribution in [3.05, 3.63) is 101 Å². The van der Waals surface area contributed by atoms with Gasteiger partial charge < -0.3 is 10.1 Å². The van der Waals surface area contributed by atoms with E-state index in [0.717, 1.165) is 22.4 Å². The summed E-state index contributed by atoms with van der Waals surface area (Å²) in [6, 6.07) is 24.3. The monoisotopic (exact) mass is 514 g/mol. The first kappa shape index (κ1) is 24.6. The molecule has 0 saturated carbocycles. The molecule has 1 aromatic heterocycles. The van der Waals surface area contributed by atoms with Crippen molar-refractivity contribution >= 4 is 29.1 Å². The molecule has 1 N–H and O–H groups in total. The molecule has 0 radical (unpaired) electrons. The van der Waals surface area contributed by atoms with Gasteiger partial charge in [0.1, 0.15) is 17.0 Å². The molecule has 3 aromatic carbocycles. The van der Waals surface area contributed by atoms with Gasteiger partial charge in [0, 0.05) is 22.8 Å². The lowest BCUT2D eigenvalue weighted by molar-refractivity contribution is -0.126. The maximum atomic E-state index is 14.0. The molecule has 0 spiro atoms. The van der Waals surface area contributed by atoms with Gasteiger partial charge >= 0.3 is 0 Å². The van der Waals surface area contributed by atoms with E-state index < -0.39 is 5.54 Å². The van der Waals surface area contributed by atoms with Crippen LogP contribution in [0.25, 0.3) is 11.3 Å². The van der Waals surface area contributed by atoms with Gasteiger partial charge in [-0.1, -0.05) is 48.0 Å². The van der Waals surface area contributed by atoms with Crippen LogP contribution in [0.2, 0.25) is 5.02 Å². The summed E-state index contributed by atoms with van der Waals surface area (Å²) in [7, 11) is 1.61. The molecular weight excluding hydrogens is 488 g/mol. The Morgan fingerprint density at radius 1 is 1.08 bits per heavy atom. The summed E-state index contributed by atoms with van der Waals surface area (Å²) in [5.41, 5.74) is 2.92. The number of anilines is 1. The Morgan fingerprint density at radius 2 is 1.81 bits per heavy atom. The number of aromatic nitrogens is 2. The fraction of sp³-hybridized carbons (Fsp3) is 0.207. The summed E-state index contributed by atoms with van der Waals surface area (Å²) in [4.78, 5) is 29.4. The molecule has 0 fully saturated rings.